The molecule has 0 saturated carbocycles. The predicted molar refractivity (Wildman–Crippen MR) is 100 cm³/mol. The topological polar surface area (TPSA) is 52.6 Å². The summed E-state index contributed by atoms with van der Waals surface area (Å²) in [6.45, 7) is 16.6. The van der Waals surface area contributed by atoms with Gasteiger partial charge in [0, 0.05) is 12.3 Å². The maximum absolute atomic E-state index is 11.9. The third kappa shape index (κ3) is 7.06. The SMILES string of the molecule is CC[C@@H](OC(=O)C(C)Br)[C@H](C)[C@H](CC=O)O[Si](C)(C)C(C)(C)C. The van der Waals surface area contributed by atoms with Crippen LogP contribution >= 0.6 is 15.9 Å². The van der Waals surface area contributed by atoms with Gasteiger partial charge in [0.15, 0.2) is 8.32 Å². The van der Waals surface area contributed by atoms with Gasteiger partial charge < -0.3 is 14.0 Å². The molecule has 1 unspecified atom stereocenters. The van der Waals surface area contributed by atoms with Gasteiger partial charge in [-0.2, -0.15) is 0 Å². The quantitative estimate of drug-likeness (QED) is 0.240. The van der Waals surface area contributed by atoms with Crippen LogP contribution in [0.4, 0.5) is 0 Å². The molecule has 0 rings (SSSR count). The van der Waals surface area contributed by atoms with Crippen molar-refractivity contribution < 1.29 is 18.8 Å². The molecule has 0 amide bonds. The van der Waals surface area contributed by atoms with Crippen LogP contribution in [0.3, 0.4) is 0 Å². The molecule has 0 spiro atoms. The number of aldehydes is 1. The summed E-state index contributed by atoms with van der Waals surface area (Å²) in [6.07, 6.45) is 1.44. The molecular weight excluding hydrogens is 376 g/mol. The van der Waals surface area contributed by atoms with Crippen molar-refractivity contribution in [1.82, 2.24) is 0 Å². The molecule has 0 aromatic carbocycles. The van der Waals surface area contributed by atoms with Crippen molar-refractivity contribution in [2.45, 2.75) is 89.6 Å². The lowest BCUT2D eigenvalue weighted by molar-refractivity contribution is -0.152. The van der Waals surface area contributed by atoms with Crippen LogP contribution < -0.4 is 0 Å². The van der Waals surface area contributed by atoms with Gasteiger partial charge in [0.05, 0.1) is 6.10 Å². The fourth-order valence-corrected chi connectivity index (χ4v) is 3.59. The van der Waals surface area contributed by atoms with Crippen LogP contribution in [-0.4, -0.2) is 37.6 Å². The van der Waals surface area contributed by atoms with Crippen LogP contribution in [0, 0.1) is 5.92 Å². The minimum absolute atomic E-state index is 0.0328. The van der Waals surface area contributed by atoms with E-state index in [4.69, 9.17) is 9.16 Å². The van der Waals surface area contributed by atoms with Gasteiger partial charge in [0.2, 0.25) is 0 Å². The highest BCUT2D eigenvalue weighted by Crippen LogP contribution is 2.39. The average Bonchev–Trinajstić information content (AvgIpc) is 2.41. The fourth-order valence-electron chi connectivity index (χ4n) is 2.06. The summed E-state index contributed by atoms with van der Waals surface area (Å²) in [5.41, 5.74) is 0. The highest BCUT2D eigenvalue weighted by molar-refractivity contribution is 9.10. The number of ether oxygens (including phenoxy) is 1. The Morgan fingerprint density at radius 3 is 2.09 bits per heavy atom. The van der Waals surface area contributed by atoms with Crippen LogP contribution in [0.2, 0.25) is 18.1 Å². The number of hydrogen-bond donors (Lipinski definition) is 0. The lowest BCUT2D eigenvalue weighted by Gasteiger charge is -2.41. The summed E-state index contributed by atoms with van der Waals surface area (Å²) < 4.78 is 12.0. The maximum Gasteiger partial charge on any atom is 0.319 e. The molecule has 0 fully saturated rings. The number of esters is 1. The van der Waals surface area contributed by atoms with Crippen molar-refractivity contribution in [2.75, 3.05) is 0 Å². The molecule has 6 heteroatoms. The van der Waals surface area contributed by atoms with Crippen LogP contribution in [0.5, 0.6) is 0 Å². The zero-order valence-electron chi connectivity index (χ0n) is 15.8. The largest absolute Gasteiger partial charge is 0.461 e. The number of rotatable bonds is 9. The van der Waals surface area contributed by atoms with E-state index in [1.165, 1.54) is 0 Å². The summed E-state index contributed by atoms with van der Waals surface area (Å²) in [5, 5.41) is 0.0661. The first kappa shape index (κ1) is 22.8. The van der Waals surface area contributed by atoms with E-state index in [0.29, 0.717) is 12.8 Å². The Morgan fingerprint density at radius 1 is 1.22 bits per heavy atom. The third-order valence-corrected chi connectivity index (χ3v) is 9.63. The highest BCUT2D eigenvalue weighted by atomic mass is 79.9. The molecular formula is C17H33BrO4Si. The van der Waals surface area contributed by atoms with E-state index in [9.17, 15) is 9.59 Å². The third-order valence-electron chi connectivity index (χ3n) is 4.75. The normalized spacial score (nSPS) is 18.0. The Labute approximate surface area is 151 Å². The standard InChI is InChI=1S/C17H33BrO4Si/c1-9-14(21-16(20)13(3)18)12(2)15(10-11-19)22-23(7,8)17(4,5)6/h11-15H,9-10H2,1-8H3/t12-,13?,14+,15-/m0/s1. The van der Waals surface area contributed by atoms with E-state index in [-0.39, 0.29) is 34.0 Å². The van der Waals surface area contributed by atoms with Gasteiger partial charge >= 0.3 is 5.97 Å². The van der Waals surface area contributed by atoms with Gasteiger partial charge in [0.25, 0.3) is 0 Å². The van der Waals surface area contributed by atoms with E-state index in [0.717, 1.165) is 6.29 Å². The van der Waals surface area contributed by atoms with Crippen molar-refractivity contribution >= 4 is 36.5 Å². The second kappa shape index (κ2) is 9.32. The van der Waals surface area contributed by atoms with Crippen LogP contribution in [0.15, 0.2) is 0 Å². The molecule has 0 aromatic rings. The first-order chi connectivity index (χ1) is 10.4. The van der Waals surface area contributed by atoms with E-state index in [2.05, 4.69) is 49.8 Å². The van der Waals surface area contributed by atoms with Gasteiger partial charge in [-0.3, -0.25) is 4.79 Å². The van der Waals surface area contributed by atoms with Crippen molar-refractivity contribution in [3.8, 4) is 0 Å². The highest BCUT2D eigenvalue weighted by Gasteiger charge is 2.41. The molecule has 0 aliphatic heterocycles. The number of hydrogen-bond acceptors (Lipinski definition) is 4. The monoisotopic (exact) mass is 408 g/mol. The minimum Gasteiger partial charge on any atom is -0.461 e. The molecule has 0 aliphatic carbocycles. The summed E-state index contributed by atoms with van der Waals surface area (Å²) >= 11 is 3.23. The Kier molecular flexibility index (Phi) is 9.24. The smallest absolute Gasteiger partial charge is 0.319 e. The molecule has 23 heavy (non-hydrogen) atoms. The summed E-state index contributed by atoms with van der Waals surface area (Å²) in [7, 11) is -2.00. The molecule has 0 aromatic heterocycles. The lowest BCUT2D eigenvalue weighted by Crippen LogP contribution is -2.47. The molecule has 0 heterocycles. The van der Waals surface area contributed by atoms with Gasteiger partial charge in [-0.05, 0) is 31.5 Å². The molecule has 0 aliphatic rings. The van der Waals surface area contributed by atoms with Gasteiger partial charge in [0.1, 0.15) is 17.2 Å². The van der Waals surface area contributed by atoms with Gasteiger partial charge in [-0.15, -0.1) is 0 Å². The second-order valence-corrected chi connectivity index (χ2v) is 13.8. The Hall–Kier alpha value is -0.203. The average molecular weight is 409 g/mol. The van der Waals surface area contributed by atoms with Crippen LogP contribution in [0.25, 0.3) is 0 Å². The zero-order valence-corrected chi connectivity index (χ0v) is 18.4. The molecule has 4 atom stereocenters. The Morgan fingerprint density at radius 2 is 1.74 bits per heavy atom. The number of halogens is 1. The van der Waals surface area contributed by atoms with Crippen molar-refractivity contribution in [1.29, 1.82) is 0 Å². The molecule has 0 saturated heterocycles. The molecule has 0 bridgehead atoms. The fraction of sp³-hybridized carbons (Fsp3) is 0.882. The van der Waals surface area contributed by atoms with E-state index < -0.39 is 8.32 Å². The maximum atomic E-state index is 11.9. The van der Waals surface area contributed by atoms with Crippen LogP contribution in [-0.2, 0) is 18.8 Å². The molecule has 0 N–H and O–H groups in total. The van der Waals surface area contributed by atoms with Crippen molar-refractivity contribution in [2.24, 2.45) is 5.92 Å². The van der Waals surface area contributed by atoms with E-state index in [1.807, 2.05) is 13.8 Å². The number of carbonyl (C=O) groups is 2. The number of carbonyl (C=O) groups excluding carboxylic acids is 2. The zero-order chi connectivity index (χ0) is 18.4. The van der Waals surface area contributed by atoms with Gasteiger partial charge in [-0.1, -0.05) is 50.5 Å². The van der Waals surface area contributed by atoms with Crippen LogP contribution in [0.1, 0.15) is 54.4 Å². The second-order valence-electron chi connectivity index (χ2n) is 7.68. The first-order valence-corrected chi connectivity index (χ1v) is 12.2. The van der Waals surface area contributed by atoms with Crippen molar-refractivity contribution in [3.05, 3.63) is 0 Å². The molecule has 4 nitrogen and oxygen atoms in total. The van der Waals surface area contributed by atoms with Gasteiger partial charge in [-0.25, -0.2) is 0 Å². The van der Waals surface area contributed by atoms with E-state index in [1.54, 1.807) is 6.92 Å². The lowest BCUT2D eigenvalue weighted by atomic mass is 9.94. The Balaban J connectivity index is 5.19. The van der Waals surface area contributed by atoms with E-state index >= 15 is 0 Å². The Bertz CT molecular complexity index is 391. The molecule has 0 radical (unpaired) electrons. The molecule has 136 valence electrons. The summed E-state index contributed by atoms with van der Waals surface area (Å²) in [6, 6.07) is 0. The first-order valence-electron chi connectivity index (χ1n) is 8.33. The summed E-state index contributed by atoms with van der Waals surface area (Å²) in [5.74, 6) is -0.310. The minimum atomic E-state index is -2.00. The predicted octanol–water partition coefficient (Wildman–Crippen LogP) is 4.71. The number of alkyl halides is 1. The van der Waals surface area contributed by atoms with Crippen molar-refractivity contribution in [3.63, 3.8) is 0 Å². The summed E-state index contributed by atoms with van der Waals surface area (Å²) in [4.78, 5) is 22.6.